The molecule has 1 aromatic carbocycles. The Morgan fingerprint density at radius 1 is 1.26 bits per heavy atom. The van der Waals surface area contributed by atoms with Crippen LogP contribution >= 0.6 is 0 Å². The highest BCUT2D eigenvalue weighted by Gasteiger charge is 2.47. The van der Waals surface area contributed by atoms with Gasteiger partial charge in [0, 0.05) is 18.2 Å². The topological polar surface area (TPSA) is 71.0 Å². The van der Waals surface area contributed by atoms with Crippen molar-refractivity contribution in [2.24, 2.45) is 0 Å². The maximum Gasteiger partial charge on any atom is 0.325 e. The maximum absolute atomic E-state index is 12.2. The number of carbonyl (C=O) groups excluding carboxylic acids is 1. The molecule has 0 saturated carbocycles. The van der Waals surface area contributed by atoms with Gasteiger partial charge in [0.05, 0.1) is 18.3 Å². The number of nitrogens with one attached hydrogen (secondary N) is 1. The molecule has 2 N–H and O–H groups in total. The molecule has 0 aliphatic carbocycles. The van der Waals surface area contributed by atoms with Gasteiger partial charge in [0.15, 0.2) is 6.23 Å². The lowest BCUT2D eigenvalue weighted by atomic mass is 10.1. The highest BCUT2D eigenvalue weighted by Crippen LogP contribution is 2.32. The number of amides is 2. The zero-order valence-corrected chi connectivity index (χ0v) is 12.3. The van der Waals surface area contributed by atoms with E-state index in [4.69, 9.17) is 9.47 Å². The summed E-state index contributed by atoms with van der Waals surface area (Å²) in [5.74, 6) is 6.14. The minimum atomic E-state index is -0.612. The zero-order chi connectivity index (χ0) is 15.8. The van der Waals surface area contributed by atoms with E-state index in [1.54, 1.807) is 6.20 Å². The number of carbonyl (C=O) groups is 1. The minimum absolute atomic E-state index is 0.233. The highest BCUT2D eigenvalue weighted by atomic mass is 16.6. The molecule has 2 amide bonds. The number of urea groups is 1. The van der Waals surface area contributed by atoms with E-state index in [-0.39, 0.29) is 12.6 Å². The Labute approximate surface area is 133 Å². The third-order valence-electron chi connectivity index (χ3n) is 4.16. The van der Waals surface area contributed by atoms with Crippen LogP contribution in [0.4, 0.5) is 4.79 Å². The summed E-state index contributed by atoms with van der Waals surface area (Å²) >= 11 is 0. The summed E-state index contributed by atoms with van der Waals surface area (Å²) in [6, 6.07) is 9.30. The largest absolute Gasteiger partial charge is 0.390 e. The van der Waals surface area contributed by atoms with E-state index in [9.17, 15) is 9.90 Å². The van der Waals surface area contributed by atoms with Crippen LogP contribution in [0.25, 0.3) is 0 Å². The molecule has 2 bridgehead atoms. The lowest BCUT2D eigenvalue weighted by molar-refractivity contribution is -0.0472. The van der Waals surface area contributed by atoms with Crippen molar-refractivity contribution in [2.45, 2.75) is 31.1 Å². The first-order chi connectivity index (χ1) is 11.2. The van der Waals surface area contributed by atoms with Crippen LogP contribution < -0.4 is 5.32 Å². The van der Waals surface area contributed by atoms with Crippen LogP contribution in [0.3, 0.4) is 0 Å². The number of nitrogens with zero attached hydrogens (tertiary/aromatic N) is 1. The number of fused-ring (bicyclic) bond motifs is 4. The summed E-state index contributed by atoms with van der Waals surface area (Å²) in [4.78, 5) is 13.7. The Hall–Kier alpha value is -2.33. The quantitative estimate of drug-likeness (QED) is 0.695. The van der Waals surface area contributed by atoms with Crippen LogP contribution in [0.15, 0.2) is 42.1 Å². The molecular formula is C17H16N2O4. The summed E-state index contributed by atoms with van der Waals surface area (Å²) in [5.41, 5.74) is 1.55. The highest BCUT2D eigenvalue weighted by molar-refractivity contribution is 5.78. The van der Waals surface area contributed by atoms with Gasteiger partial charge >= 0.3 is 6.03 Å². The normalized spacial score (nSPS) is 32.1. The summed E-state index contributed by atoms with van der Waals surface area (Å²) in [7, 11) is 0. The van der Waals surface area contributed by atoms with Crippen molar-refractivity contribution in [1.29, 1.82) is 0 Å². The van der Waals surface area contributed by atoms with E-state index < -0.39 is 24.7 Å². The van der Waals surface area contributed by atoms with Gasteiger partial charge in [0.25, 0.3) is 0 Å². The van der Waals surface area contributed by atoms with Crippen molar-refractivity contribution in [3.63, 3.8) is 0 Å². The Morgan fingerprint density at radius 3 is 2.91 bits per heavy atom. The van der Waals surface area contributed by atoms with E-state index >= 15 is 0 Å². The van der Waals surface area contributed by atoms with Gasteiger partial charge in [0.1, 0.15) is 12.3 Å². The van der Waals surface area contributed by atoms with Gasteiger partial charge in [-0.2, -0.15) is 0 Å². The first-order valence-electron chi connectivity index (χ1n) is 7.53. The fraction of sp³-hybridized carbons (Fsp3) is 0.353. The van der Waals surface area contributed by atoms with Gasteiger partial charge in [0.2, 0.25) is 0 Å². The molecule has 0 unspecified atom stereocenters. The molecule has 0 spiro atoms. The first kappa shape index (κ1) is 14.3. The summed E-state index contributed by atoms with van der Waals surface area (Å²) in [6.07, 6.45) is -0.126. The second-order valence-corrected chi connectivity index (χ2v) is 5.69. The van der Waals surface area contributed by atoms with Gasteiger partial charge in [-0.1, -0.05) is 30.0 Å². The van der Waals surface area contributed by atoms with Crippen LogP contribution in [-0.2, 0) is 9.47 Å². The molecule has 3 aliphatic rings. The van der Waals surface area contributed by atoms with Crippen LogP contribution in [-0.4, -0.2) is 47.3 Å². The molecule has 118 valence electrons. The Kier molecular flexibility index (Phi) is 3.54. The number of ether oxygens (including phenoxy) is 2. The van der Waals surface area contributed by atoms with Gasteiger partial charge in [-0.3, -0.25) is 4.90 Å². The van der Waals surface area contributed by atoms with E-state index in [2.05, 4.69) is 17.2 Å². The standard InChI is InChI=1S/C17H16N2O4/c20-13-8-15-19-16(22-10-14(13)23-15)12(9-18-17(19)21)7-6-11-4-2-1-3-5-11/h1-5,9,13-16,20H,8,10H2,(H,18,21)/t13-,14-,15+,16+/m1/s1. The van der Waals surface area contributed by atoms with Crippen LogP contribution in [0, 0.1) is 11.8 Å². The summed E-state index contributed by atoms with van der Waals surface area (Å²) < 4.78 is 11.5. The molecule has 0 aromatic heterocycles. The van der Waals surface area contributed by atoms with E-state index in [1.165, 1.54) is 4.90 Å². The minimum Gasteiger partial charge on any atom is -0.390 e. The number of hydrogen-bond acceptors (Lipinski definition) is 4. The van der Waals surface area contributed by atoms with Gasteiger partial charge in [-0.15, -0.1) is 0 Å². The zero-order valence-electron chi connectivity index (χ0n) is 12.3. The molecule has 2 fully saturated rings. The Balaban J connectivity index is 1.63. The number of hydrogen-bond donors (Lipinski definition) is 2. The molecule has 6 heteroatoms. The number of aliphatic hydroxyl groups excluding tert-OH is 1. The molecule has 6 nitrogen and oxygen atoms in total. The average Bonchev–Trinajstić information content (AvgIpc) is 2.80. The molecule has 23 heavy (non-hydrogen) atoms. The number of aliphatic hydroxyl groups is 1. The van der Waals surface area contributed by atoms with Gasteiger partial charge in [-0.25, -0.2) is 4.79 Å². The van der Waals surface area contributed by atoms with Crippen molar-refractivity contribution in [3.8, 4) is 11.8 Å². The lowest BCUT2D eigenvalue weighted by Gasteiger charge is -2.36. The summed E-state index contributed by atoms with van der Waals surface area (Å²) in [5, 5.41) is 12.6. The van der Waals surface area contributed by atoms with E-state index in [0.717, 1.165) is 5.56 Å². The molecule has 2 saturated heterocycles. The van der Waals surface area contributed by atoms with Crippen molar-refractivity contribution >= 4 is 6.03 Å². The first-order valence-corrected chi connectivity index (χ1v) is 7.53. The van der Waals surface area contributed by atoms with E-state index in [0.29, 0.717) is 12.0 Å². The molecule has 0 radical (unpaired) electrons. The van der Waals surface area contributed by atoms with Crippen molar-refractivity contribution in [3.05, 3.63) is 47.7 Å². The monoisotopic (exact) mass is 312 g/mol. The molecule has 4 atom stereocenters. The molecule has 3 aliphatic heterocycles. The fourth-order valence-corrected chi connectivity index (χ4v) is 2.98. The summed E-state index contributed by atoms with van der Waals surface area (Å²) in [6.45, 7) is 0.233. The molecule has 4 rings (SSSR count). The molecule has 3 heterocycles. The third kappa shape index (κ3) is 2.59. The second kappa shape index (κ2) is 5.70. The second-order valence-electron chi connectivity index (χ2n) is 5.69. The van der Waals surface area contributed by atoms with Gasteiger partial charge < -0.3 is 19.9 Å². The van der Waals surface area contributed by atoms with Crippen molar-refractivity contribution in [1.82, 2.24) is 10.2 Å². The smallest absolute Gasteiger partial charge is 0.325 e. The maximum atomic E-state index is 12.2. The van der Waals surface area contributed by atoms with Crippen LogP contribution in [0.2, 0.25) is 0 Å². The Morgan fingerprint density at radius 2 is 2.09 bits per heavy atom. The predicted octanol–water partition coefficient (Wildman–Crippen LogP) is 0.779. The van der Waals surface area contributed by atoms with Crippen molar-refractivity contribution < 1.29 is 19.4 Å². The predicted molar refractivity (Wildman–Crippen MR) is 80.8 cm³/mol. The lowest BCUT2D eigenvalue weighted by Crippen LogP contribution is -2.54. The average molecular weight is 312 g/mol. The SMILES string of the molecule is O=C1NC=C(C#Cc2ccccc2)[C@@H]2OC[C@H]3O[C@@H](C[C@H]3O)N12. The fourth-order valence-electron chi connectivity index (χ4n) is 2.98. The number of rotatable bonds is 0. The Bertz CT molecular complexity index is 706. The van der Waals surface area contributed by atoms with Gasteiger partial charge in [-0.05, 0) is 12.1 Å². The van der Waals surface area contributed by atoms with Crippen LogP contribution in [0.5, 0.6) is 0 Å². The third-order valence-corrected chi connectivity index (χ3v) is 4.16. The van der Waals surface area contributed by atoms with Crippen molar-refractivity contribution in [2.75, 3.05) is 6.61 Å². The van der Waals surface area contributed by atoms with E-state index in [1.807, 2.05) is 30.3 Å². The molecule has 1 aromatic rings. The number of benzene rings is 1. The van der Waals surface area contributed by atoms with Crippen LogP contribution in [0.1, 0.15) is 12.0 Å². The molecular weight excluding hydrogens is 296 g/mol.